The van der Waals surface area contributed by atoms with Gasteiger partial charge in [0.05, 0.1) is 23.2 Å². The van der Waals surface area contributed by atoms with Crippen molar-refractivity contribution >= 4 is 28.9 Å². The summed E-state index contributed by atoms with van der Waals surface area (Å²) in [5.41, 5.74) is 3.22. The number of rotatable bonds is 5. The Kier molecular flexibility index (Phi) is 4.77. The highest BCUT2D eigenvalue weighted by Gasteiger charge is 2.51. The summed E-state index contributed by atoms with van der Waals surface area (Å²) >= 11 is 0. The van der Waals surface area contributed by atoms with E-state index < -0.39 is 17.8 Å². The molecule has 4 atom stereocenters. The van der Waals surface area contributed by atoms with E-state index in [1.807, 2.05) is 43.3 Å². The van der Waals surface area contributed by atoms with E-state index in [0.29, 0.717) is 11.4 Å². The van der Waals surface area contributed by atoms with Crippen LogP contribution < -0.4 is 5.32 Å². The van der Waals surface area contributed by atoms with Gasteiger partial charge in [0.15, 0.2) is 0 Å². The van der Waals surface area contributed by atoms with Gasteiger partial charge < -0.3 is 10.4 Å². The highest BCUT2D eigenvalue weighted by molar-refractivity contribution is 5.96. The predicted octanol–water partition coefficient (Wildman–Crippen LogP) is 4.87. The van der Waals surface area contributed by atoms with E-state index in [4.69, 9.17) is 0 Å². The van der Waals surface area contributed by atoms with Crippen molar-refractivity contribution in [3.05, 3.63) is 66.2 Å². The molecule has 2 N–H and O–H groups in total. The minimum absolute atomic E-state index is 0.00804. The zero-order valence-electron chi connectivity index (χ0n) is 15.4. The van der Waals surface area contributed by atoms with Gasteiger partial charge in [0.1, 0.15) is 0 Å². The number of aryl methyl sites for hydroxylation is 1. The molecular formula is C22H21N3O3. The molecule has 0 spiro atoms. The summed E-state index contributed by atoms with van der Waals surface area (Å²) in [6, 6.07) is 14.8. The second kappa shape index (κ2) is 7.38. The number of allylic oxidation sites excluding steroid dienone is 2. The van der Waals surface area contributed by atoms with Crippen molar-refractivity contribution in [1.82, 2.24) is 0 Å². The smallest absolute Gasteiger partial charge is 0.307 e. The number of nitrogens with zero attached hydrogens (tertiary/aromatic N) is 2. The summed E-state index contributed by atoms with van der Waals surface area (Å²) in [7, 11) is 0. The van der Waals surface area contributed by atoms with Gasteiger partial charge in [0.2, 0.25) is 5.91 Å². The maximum atomic E-state index is 12.7. The molecule has 2 aliphatic rings. The molecule has 2 bridgehead atoms. The minimum atomic E-state index is -0.899. The molecule has 0 aromatic heterocycles. The Morgan fingerprint density at radius 1 is 0.893 bits per heavy atom. The fourth-order valence-electron chi connectivity index (χ4n) is 4.08. The van der Waals surface area contributed by atoms with E-state index in [1.165, 1.54) is 0 Å². The van der Waals surface area contributed by atoms with Gasteiger partial charge in [0, 0.05) is 5.69 Å². The lowest BCUT2D eigenvalue weighted by Gasteiger charge is -2.23. The third-order valence-electron chi connectivity index (χ3n) is 5.50. The second-order valence-corrected chi connectivity index (χ2v) is 7.41. The van der Waals surface area contributed by atoms with Gasteiger partial charge in [-0.2, -0.15) is 10.2 Å². The number of fused-ring (bicyclic) bond motifs is 2. The summed E-state index contributed by atoms with van der Waals surface area (Å²) in [6.07, 6.45) is 4.65. The summed E-state index contributed by atoms with van der Waals surface area (Å²) in [5, 5.41) is 20.7. The maximum Gasteiger partial charge on any atom is 0.307 e. The van der Waals surface area contributed by atoms with Gasteiger partial charge in [-0.15, -0.1) is 0 Å². The number of carboxylic acid groups (broad SMARTS) is 1. The minimum Gasteiger partial charge on any atom is -0.481 e. The van der Waals surface area contributed by atoms with E-state index in [1.54, 1.807) is 24.3 Å². The Hall–Kier alpha value is -3.28. The molecule has 0 saturated heterocycles. The van der Waals surface area contributed by atoms with Crippen molar-refractivity contribution in [2.45, 2.75) is 13.3 Å². The van der Waals surface area contributed by atoms with Crippen molar-refractivity contribution in [3.63, 3.8) is 0 Å². The van der Waals surface area contributed by atoms with Crippen molar-refractivity contribution in [2.24, 2.45) is 33.9 Å². The average Bonchev–Trinajstić information content (AvgIpc) is 3.30. The van der Waals surface area contributed by atoms with Crippen LogP contribution in [0, 0.1) is 30.6 Å². The van der Waals surface area contributed by atoms with E-state index in [2.05, 4.69) is 15.5 Å². The monoisotopic (exact) mass is 375 g/mol. The van der Waals surface area contributed by atoms with Gasteiger partial charge in [0.25, 0.3) is 0 Å². The van der Waals surface area contributed by atoms with Gasteiger partial charge >= 0.3 is 5.97 Å². The lowest BCUT2D eigenvalue weighted by molar-refractivity contribution is -0.146. The number of azo groups is 1. The predicted molar refractivity (Wildman–Crippen MR) is 106 cm³/mol. The Bertz CT molecular complexity index is 948. The number of carboxylic acids is 1. The van der Waals surface area contributed by atoms with Crippen LogP contribution in [0.5, 0.6) is 0 Å². The van der Waals surface area contributed by atoms with Crippen LogP contribution in [-0.2, 0) is 9.59 Å². The van der Waals surface area contributed by atoms with Crippen LogP contribution in [0.1, 0.15) is 12.0 Å². The first-order valence-electron chi connectivity index (χ1n) is 9.32. The molecule has 2 aromatic carbocycles. The Morgan fingerprint density at radius 3 is 2.00 bits per heavy atom. The molecule has 4 unspecified atom stereocenters. The normalized spacial score (nSPS) is 25.3. The quantitative estimate of drug-likeness (QED) is 0.577. The fraction of sp³-hybridized carbons (Fsp3) is 0.273. The Labute approximate surface area is 163 Å². The van der Waals surface area contributed by atoms with Crippen LogP contribution in [0.3, 0.4) is 0 Å². The Morgan fingerprint density at radius 2 is 1.43 bits per heavy atom. The van der Waals surface area contributed by atoms with E-state index in [-0.39, 0.29) is 17.7 Å². The van der Waals surface area contributed by atoms with Crippen LogP contribution in [0.15, 0.2) is 70.9 Å². The molecule has 0 heterocycles. The molecule has 0 radical (unpaired) electrons. The second-order valence-electron chi connectivity index (χ2n) is 7.41. The summed E-state index contributed by atoms with van der Waals surface area (Å²) in [6.45, 7) is 2.01. The molecule has 0 aliphatic heterocycles. The van der Waals surface area contributed by atoms with Crippen molar-refractivity contribution in [1.29, 1.82) is 0 Å². The number of carbonyl (C=O) groups excluding carboxylic acids is 1. The number of hydrogen-bond acceptors (Lipinski definition) is 4. The molecule has 1 saturated carbocycles. The van der Waals surface area contributed by atoms with Crippen LogP contribution in [0.2, 0.25) is 0 Å². The van der Waals surface area contributed by atoms with E-state index in [9.17, 15) is 14.7 Å². The first-order chi connectivity index (χ1) is 13.5. The third kappa shape index (κ3) is 3.58. The topological polar surface area (TPSA) is 91.1 Å². The highest BCUT2D eigenvalue weighted by atomic mass is 16.4. The summed E-state index contributed by atoms with van der Waals surface area (Å²) in [4.78, 5) is 24.3. The molecule has 2 aromatic rings. The zero-order chi connectivity index (χ0) is 19.7. The van der Waals surface area contributed by atoms with E-state index >= 15 is 0 Å². The standard InChI is InChI=1S/C22H21N3O3/c1-13-2-6-17(7-3-13)24-25-18-10-8-16(9-11-18)23-21(26)19-14-4-5-15(12-14)20(19)22(27)28/h2-11,14-15,19-20H,12H2,1H3,(H,23,26)(H,27,28). The van der Waals surface area contributed by atoms with Gasteiger partial charge in [-0.05, 0) is 61.6 Å². The molecule has 1 fully saturated rings. The molecule has 142 valence electrons. The first kappa shape index (κ1) is 18.1. The van der Waals surface area contributed by atoms with Crippen LogP contribution in [0.25, 0.3) is 0 Å². The molecule has 6 nitrogen and oxygen atoms in total. The lowest BCUT2D eigenvalue weighted by atomic mass is 9.82. The molecule has 28 heavy (non-hydrogen) atoms. The number of hydrogen-bond donors (Lipinski definition) is 2. The van der Waals surface area contributed by atoms with Crippen molar-refractivity contribution in [2.75, 3.05) is 5.32 Å². The number of aliphatic carboxylic acids is 1. The number of benzene rings is 2. The van der Waals surface area contributed by atoms with Gasteiger partial charge in [-0.25, -0.2) is 0 Å². The first-order valence-corrected chi connectivity index (χ1v) is 9.32. The van der Waals surface area contributed by atoms with Gasteiger partial charge in [-0.1, -0.05) is 29.8 Å². The molecule has 6 heteroatoms. The molecule has 1 amide bonds. The number of carbonyl (C=O) groups is 2. The van der Waals surface area contributed by atoms with Crippen LogP contribution >= 0.6 is 0 Å². The zero-order valence-corrected chi connectivity index (χ0v) is 15.4. The largest absolute Gasteiger partial charge is 0.481 e. The van der Waals surface area contributed by atoms with Gasteiger partial charge in [-0.3, -0.25) is 9.59 Å². The Balaban J connectivity index is 1.42. The van der Waals surface area contributed by atoms with Crippen molar-refractivity contribution < 1.29 is 14.7 Å². The highest BCUT2D eigenvalue weighted by Crippen LogP contribution is 2.48. The number of anilines is 1. The number of nitrogens with one attached hydrogen (secondary N) is 1. The molecule has 2 aliphatic carbocycles. The fourth-order valence-corrected chi connectivity index (χ4v) is 4.08. The molecule has 4 rings (SSSR count). The summed E-state index contributed by atoms with van der Waals surface area (Å²) < 4.78 is 0. The average molecular weight is 375 g/mol. The van der Waals surface area contributed by atoms with Crippen LogP contribution in [0.4, 0.5) is 17.1 Å². The summed E-state index contributed by atoms with van der Waals surface area (Å²) in [5.74, 6) is -2.33. The lowest BCUT2D eigenvalue weighted by Crippen LogP contribution is -2.36. The number of amides is 1. The maximum absolute atomic E-state index is 12.7. The third-order valence-corrected chi connectivity index (χ3v) is 5.50. The van der Waals surface area contributed by atoms with E-state index in [0.717, 1.165) is 17.7 Å². The van der Waals surface area contributed by atoms with Crippen molar-refractivity contribution in [3.8, 4) is 0 Å². The molecular weight excluding hydrogens is 354 g/mol. The SMILES string of the molecule is Cc1ccc(N=Nc2ccc(NC(=O)C3C4C=CC(C4)C3C(=O)O)cc2)cc1. The van der Waals surface area contributed by atoms with Crippen LogP contribution in [-0.4, -0.2) is 17.0 Å².